The maximum Gasteiger partial charge on any atom is 0.338 e. The molecule has 0 fully saturated rings. The number of rotatable bonds is 6. The zero-order valence-corrected chi connectivity index (χ0v) is 14.4. The molecular weight excluding hydrogens is 332 g/mol. The summed E-state index contributed by atoms with van der Waals surface area (Å²) in [4.78, 5) is 12.3. The number of carbonyl (C=O) groups is 1. The van der Waals surface area contributed by atoms with Crippen LogP contribution in [0.15, 0.2) is 42.5 Å². The Morgan fingerprint density at radius 3 is 2.04 bits per heavy atom. The minimum Gasteiger partial charge on any atom is -0.497 e. The van der Waals surface area contributed by atoms with E-state index in [1.54, 1.807) is 49.4 Å². The van der Waals surface area contributed by atoms with Crippen molar-refractivity contribution in [2.24, 2.45) is 0 Å². The summed E-state index contributed by atoms with van der Waals surface area (Å²) < 4.78 is 15.9. The molecule has 0 saturated heterocycles. The van der Waals surface area contributed by atoms with Crippen LogP contribution >= 0.6 is 11.6 Å². The van der Waals surface area contributed by atoms with Crippen LogP contribution in [0, 0.1) is 0 Å². The maximum absolute atomic E-state index is 12.3. The predicted molar refractivity (Wildman–Crippen MR) is 90.8 cm³/mol. The third-order valence-electron chi connectivity index (χ3n) is 3.45. The smallest absolute Gasteiger partial charge is 0.338 e. The third kappa shape index (κ3) is 4.40. The number of halogens is 1. The number of aliphatic hydroxyl groups is 1. The number of methoxy groups -OCH3 is 2. The van der Waals surface area contributed by atoms with Gasteiger partial charge in [-0.05, 0) is 43.3 Å². The van der Waals surface area contributed by atoms with E-state index in [2.05, 4.69) is 0 Å². The van der Waals surface area contributed by atoms with Gasteiger partial charge in [-0.2, -0.15) is 0 Å². The quantitative estimate of drug-likeness (QED) is 0.806. The molecule has 0 saturated carbocycles. The van der Waals surface area contributed by atoms with Gasteiger partial charge >= 0.3 is 5.97 Å². The van der Waals surface area contributed by atoms with Crippen molar-refractivity contribution in [2.75, 3.05) is 14.2 Å². The monoisotopic (exact) mass is 350 g/mol. The Kier molecular flexibility index (Phi) is 6.06. The van der Waals surface area contributed by atoms with Crippen molar-refractivity contribution >= 4 is 17.6 Å². The van der Waals surface area contributed by atoms with Crippen molar-refractivity contribution in [1.29, 1.82) is 0 Å². The molecule has 2 atom stereocenters. The Hall–Kier alpha value is -2.24. The van der Waals surface area contributed by atoms with Gasteiger partial charge in [-0.15, -0.1) is 0 Å². The lowest BCUT2D eigenvalue weighted by Gasteiger charge is -2.22. The first-order valence-corrected chi connectivity index (χ1v) is 7.70. The molecule has 0 aliphatic carbocycles. The largest absolute Gasteiger partial charge is 0.497 e. The SMILES string of the molecule is COc1cc(OC)cc(C(OC(=O)c2ccc(Cl)cc2)C(C)O)c1. The van der Waals surface area contributed by atoms with Crippen LogP contribution in [0.4, 0.5) is 0 Å². The summed E-state index contributed by atoms with van der Waals surface area (Å²) in [5.41, 5.74) is 0.920. The lowest BCUT2D eigenvalue weighted by molar-refractivity contribution is -0.0136. The van der Waals surface area contributed by atoms with Crippen LogP contribution in [-0.2, 0) is 4.74 Å². The summed E-state index contributed by atoms with van der Waals surface area (Å²) >= 11 is 5.82. The van der Waals surface area contributed by atoms with Crippen LogP contribution < -0.4 is 9.47 Å². The number of ether oxygens (including phenoxy) is 3. The van der Waals surface area contributed by atoms with Gasteiger partial charge in [0.05, 0.1) is 25.9 Å². The molecule has 128 valence electrons. The molecule has 0 bridgehead atoms. The van der Waals surface area contributed by atoms with Gasteiger partial charge < -0.3 is 19.3 Å². The molecule has 0 radical (unpaired) electrons. The van der Waals surface area contributed by atoms with Crippen LogP contribution in [0.5, 0.6) is 11.5 Å². The second-order valence-corrected chi connectivity index (χ2v) is 5.66. The number of aliphatic hydroxyl groups excluding tert-OH is 1. The molecule has 0 amide bonds. The zero-order valence-electron chi connectivity index (χ0n) is 13.7. The Bertz CT molecular complexity index is 675. The van der Waals surface area contributed by atoms with Crippen LogP contribution in [0.3, 0.4) is 0 Å². The summed E-state index contributed by atoms with van der Waals surface area (Å²) in [6.07, 6.45) is -1.78. The standard InChI is InChI=1S/C18H19ClO5/c1-11(20)17(13-8-15(22-2)10-16(9-13)23-3)24-18(21)12-4-6-14(19)7-5-12/h4-11,17,20H,1-3H3. The van der Waals surface area contributed by atoms with Gasteiger partial charge in [0.2, 0.25) is 0 Å². The molecule has 2 aromatic rings. The van der Waals surface area contributed by atoms with E-state index in [1.807, 2.05) is 0 Å². The van der Waals surface area contributed by atoms with Gasteiger partial charge in [-0.1, -0.05) is 11.6 Å². The topological polar surface area (TPSA) is 65.0 Å². The van der Waals surface area contributed by atoms with Crippen molar-refractivity contribution < 1.29 is 24.1 Å². The van der Waals surface area contributed by atoms with E-state index >= 15 is 0 Å². The van der Waals surface area contributed by atoms with Crippen molar-refractivity contribution in [3.05, 3.63) is 58.6 Å². The predicted octanol–water partition coefficient (Wildman–Crippen LogP) is 3.64. The normalized spacial score (nSPS) is 13.0. The number of carbonyl (C=O) groups excluding carboxylic acids is 1. The summed E-state index contributed by atoms with van der Waals surface area (Å²) in [5.74, 6) is 0.523. The molecule has 6 heteroatoms. The fourth-order valence-corrected chi connectivity index (χ4v) is 2.33. The second kappa shape index (κ2) is 8.04. The Labute approximate surface area is 145 Å². The highest BCUT2D eigenvalue weighted by atomic mass is 35.5. The minimum atomic E-state index is -0.918. The lowest BCUT2D eigenvalue weighted by atomic mass is 10.0. The Morgan fingerprint density at radius 2 is 1.58 bits per heavy atom. The minimum absolute atomic E-state index is 0.347. The Morgan fingerprint density at radius 1 is 1.04 bits per heavy atom. The molecule has 24 heavy (non-hydrogen) atoms. The van der Waals surface area contributed by atoms with E-state index in [9.17, 15) is 9.90 Å². The molecule has 0 heterocycles. The first kappa shape index (κ1) is 18.1. The fraction of sp³-hybridized carbons (Fsp3) is 0.278. The van der Waals surface area contributed by atoms with Gasteiger partial charge in [0.15, 0.2) is 6.10 Å². The average molecular weight is 351 g/mol. The van der Waals surface area contributed by atoms with Gasteiger partial charge in [0, 0.05) is 16.7 Å². The molecule has 1 N–H and O–H groups in total. The molecule has 2 aromatic carbocycles. The molecule has 2 unspecified atom stereocenters. The highest BCUT2D eigenvalue weighted by Crippen LogP contribution is 2.30. The first-order chi connectivity index (χ1) is 11.4. The summed E-state index contributed by atoms with van der Waals surface area (Å²) in [5, 5.41) is 10.6. The number of esters is 1. The van der Waals surface area contributed by atoms with Crippen molar-refractivity contribution in [1.82, 2.24) is 0 Å². The van der Waals surface area contributed by atoms with E-state index in [0.717, 1.165) is 0 Å². The first-order valence-electron chi connectivity index (χ1n) is 7.32. The highest BCUT2D eigenvalue weighted by Gasteiger charge is 2.24. The Balaban J connectivity index is 2.29. The fourth-order valence-electron chi connectivity index (χ4n) is 2.21. The van der Waals surface area contributed by atoms with Crippen LogP contribution in [0.2, 0.25) is 5.02 Å². The zero-order chi connectivity index (χ0) is 17.7. The van der Waals surface area contributed by atoms with Crippen molar-refractivity contribution in [2.45, 2.75) is 19.1 Å². The molecule has 0 aliphatic rings. The molecule has 0 aromatic heterocycles. The van der Waals surface area contributed by atoms with Crippen LogP contribution in [0.25, 0.3) is 0 Å². The molecule has 2 rings (SSSR count). The molecular formula is C18H19ClO5. The summed E-state index contributed by atoms with van der Waals surface area (Å²) in [6.45, 7) is 1.55. The van der Waals surface area contributed by atoms with E-state index in [1.165, 1.54) is 14.2 Å². The highest BCUT2D eigenvalue weighted by molar-refractivity contribution is 6.30. The average Bonchev–Trinajstić information content (AvgIpc) is 2.59. The summed E-state index contributed by atoms with van der Waals surface area (Å²) in [6, 6.07) is 11.4. The number of hydrogen-bond donors (Lipinski definition) is 1. The third-order valence-corrected chi connectivity index (χ3v) is 3.71. The van der Waals surface area contributed by atoms with Crippen molar-refractivity contribution in [3.8, 4) is 11.5 Å². The number of hydrogen-bond acceptors (Lipinski definition) is 5. The second-order valence-electron chi connectivity index (χ2n) is 5.22. The van der Waals surface area contributed by atoms with Crippen LogP contribution in [-0.4, -0.2) is 31.4 Å². The van der Waals surface area contributed by atoms with Gasteiger partial charge in [-0.25, -0.2) is 4.79 Å². The van der Waals surface area contributed by atoms with Crippen LogP contribution in [0.1, 0.15) is 28.9 Å². The molecule has 0 aliphatic heterocycles. The van der Waals surface area contributed by atoms with Gasteiger partial charge in [-0.3, -0.25) is 0 Å². The maximum atomic E-state index is 12.3. The molecule has 5 nitrogen and oxygen atoms in total. The van der Waals surface area contributed by atoms with Gasteiger partial charge in [0.1, 0.15) is 11.5 Å². The van der Waals surface area contributed by atoms with E-state index < -0.39 is 18.2 Å². The number of benzene rings is 2. The van der Waals surface area contributed by atoms with Gasteiger partial charge in [0.25, 0.3) is 0 Å². The molecule has 0 spiro atoms. The lowest BCUT2D eigenvalue weighted by Crippen LogP contribution is -2.21. The van der Waals surface area contributed by atoms with E-state index in [-0.39, 0.29) is 0 Å². The van der Waals surface area contributed by atoms with E-state index in [4.69, 9.17) is 25.8 Å². The summed E-state index contributed by atoms with van der Waals surface area (Å²) in [7, 11) is 3.05. The van der Waals surface area contributed by atoms with Crippen molar-refractivity contribution in [3.63, 3.8) is 0 Å². The van der Waals surface area contributed by atoms with E-state index in [0.29, 0.717) is 27.6 Å².